The third-order valence-corrected chi connectivity index (χ3v) is 3.71. The molecule has 1 unspecified atom stereocenters. The topological polar surface area (TPSA) is 120 Å². The number of benzene rings is 1. The number of carbonyl (C=O) groups excluding carboxylic acids is 2. The number of aliphatic carboxylic acids is 1. The molecule has 0 saturated carbocycles. The van der Waals surface area contributed by atoms with Crippen LogP contribution in [0.5, 0.6) is 5.75 Å². The zero-order valence-corrected chi connectivity index (χ0v) is 12.9. The Balaban J connectivity index is 1.91. The van der Waals surface area contributed by atoms with Crippen molar-refractivity contribution < 1.29 is 24.2 Å². The maximum atomic E-state index is 11.8. The van der Waals surface area contributed by atoms with Crippen LogP contribution >= 0.6 is 0 Å². The van der Waals surface area contributed by atoms with Crippen molar-refractivity contribution in [3.8, 4) is 5.75 Å². The summed E-state index contributed by atoms with van der Waals surface area (Å²) in [5, 5.41) is 14.0. The zero-order chi connectivity index (χ0) is 17.3. The van der Waals surface area contributed by atoms with E-state index in [-0.39, 0.29) is 12.5 Å². The van der Waals surface area contributed by atoms with E-state index < -0.39 is 24.4 Å². The van der Waals surface area contributed by atoms with E-state index in [9.17, 15) is 14.4 Å². The molecular weight excluding hydrogens is 316 g/mol. The van der Waals surface area contributed by atoms with Crippen molar-refractivity contribution >= 4 is 29.4 Å². The van der Waals surface area contributed by atoms with Gasteiger partial charge in [0.25, 0.3) is 5.91 Å². The highest BCUT2D eigenvalue weighted by molar-refractivity contribution is 6.06. The largest absolute Gasteiger partial charge is 0.481 e. The van der Waals surface area contributed by atoms with Crippen molar-refractivity contribution in [1.29, 1.82) is 0 Å². The fourth-order valence-corrected chi connectivity index (χ4v) is 2.61. The first-order valence-corrected chi connectivity index (χ1v) is 7.33. The van der Waals surface area contributed by atoms with Crippen LogP contribution in [-0.2, 0) is 20.9 Å². The Hall–Kier alpha value is -3.10. The number of nitrogens with one attached hydrogen (secondary N) is 2. The molecule has 1 atom stereocenters. The van der Waals surface area contributed by atoms with Gasteiger partial charge in [-0.2, -0.15) is 0 Å². The molecular formula is C15H16N4O5. The summed E-state index contributed by atoms with van der Waals surface area (Å²) >= 11 is 0. The van der Waals surface area contributed by atoms with Crippen LogP contribution in [0.4, 0.5) is 5.69 Å². The van der Waals surface area contributed by atoms with Gasteiger partial charge < -0.3 is 20.1 Å². The lowest BCUT2D eigenvalue weighted by Crippen LogP contribution is -2.38. The van der Waals surface area contributed by atoms with Gasteiger partial charge in [0.1, 0.15) is 18.0 Å². The first-order valence-electron chi connectivity index (χ1n) is 7.33. The second-order valence-electron chi connectivity index (χ2n) is 5.42. The Morgan fingerprint density at radius 3 is 2.96 bits per heavy atom. The van der Waals surface area contributed by atoms with E-state index in [0.717, 1.165) is 5.56 Å². The number of hydrogen-bond acceptors (Lipinski definition) is 6. The number of aliphatic imine (C=N–C) groups is 1. The maximum Gasteiger partial charge on any atom is 0.307 e. The van der Waals surface area contributed by atoms with Crippen LogP contribution in [0.15, 0.2) is 23.2 Å². The number of para-hydroxylation sites is 1. The molecule has 2 heterocycles. The van der Waals surface area contributed by atoms with Gasteiger partial charge in [0.15, 0.2) is 6.10 Å². The van der Waals surface area contributed by atoms with Gasteiger partial charge in [0.05, 0.1) is 6.42 Å². The number of carboxylic acid groups (broad SMARTS) is 1. The number of rotatable bonds is 5. The molecule has 9 nitrogen and oxygen atoms in total. The molecule has 1 aromatic rings. The van der Waals surface area contributed by atoms with Crippen molar-refractivity contribution in [2.45, 2.75) is 19.1 Å². The lowest BCUT2D eigenvalue weighted by Gasteiger charge is -2.25. The predicted octanol–water partition coefficient (Wildman–Crippen LogP) is -0.412. The standard InChI is InChI=1S/C15H16N4O5/c1-16-14(23)10(5-12(21)22)24-9-4-2-3-8-6-19-7-11(20)17-15(19)18-13(8)9/h2-4,10H,5-7H2,1H3,(H,16,23)(H,21,22)(H,17,18,20). The quantitative estimate of drug-likeness (QED) is 0.674. The number of hydrogen-bond donors (Lipinski definition) is 3. The molecule has 1 aromatic carbocycles. The minimum absolute atomic E-state index is 0.141. The van der Waals surface area contributed by atoms with Crippen LogP contribution in [0, 0.1) is 0 Å². The first-order chi connectivity index (χ1) is 11.5. The third kappa shape index (κ3) is 3.00. The number of amides is 2. The van der Waals surface area contributed by atoms with Crippen LogP contribution in [0.2, 0.25) is 0 Å². The molecule has 0 bridgehead atoms. The van der Waals surface area contributed by atoms with Gasteiger partial charge in [-0.05, 0) is 6.07 Å². The van der Waals surface area contributed by atoms with Gasteiger partial charge in [-0.15, -0.1) is 0 Å². The van der Waals surface area contributed by atoms with E-state index in [1.54, 1.807) is 17.0 Å². The molecule has 9 heteroatoms. The first kappa shape index (κ1) is 15.8. The van der Waals surface area contributed by atoms with Gasteiger partial charge >= 0.3 is 5.97 Å². The van der Waals surface area contributed by atoms with Gasteiger partial charge in [-0.1, -0.05) is 12.1 Å². The Kier molecular flexibility index (Phi) is 4.07. The Morgan fingerprint density at radius 1 is 1.46 bits per heavy atom. The summed E-state index contributed by atoms with van der Waals surface area (Å²) in [4.78, 5) is 40.5. The molecule has 2 aliphatic heterocycles. The number of guanidine groups is 1. The molecule has 1 fully saturated rings. The summed E-state index contributed by atoms with van der Waals surface area (Å²) in [5.41, 5.74) is 1.32. The van der Waals surface area contributed by atoms with E-state index in [0.29, 0.717) is 23.9 Å². The summed E-state index contributed by atoms with van der Waals surface area (Å²) in [6.07, 6.45) is -1.64. The highest BCUT2D eigenvalue weighted by Crippen LogP contribution is 2.36. The normalized spacial score (nSPS) is 16.5. The summed E-state index contributed by atoms with van der Waals surface area (Å²) < 4.78 is 5.62. The van der Waals surface area contributed by atoms with Crippen LogP contribution in [0.1, 0.15) is 12.0 Å². The molecule has 0 radical (unpaired) electrons. The molecule has 3 N–H and O–H groups in total. The van der Waals surface area contributed by atoms with Crippen LogP contribution in [0.3, 0.4) is 0 Å². The average molecular weight is 332 g/mol. The summed E-state index contributed by atoms with van der Waals surface area (Å²) in [6, 6.07) is 5.20. The van der Waals surface area contributed by atoms with E-state index in [1.165, 1.54) is 7.05 Å². The van der Waals surface area contributed by atoms with E-state index in [4.69, 9.17) is 9.84 Å². The smallest absolute Gasteiger partial charge is 0.307 e. The Bertz CT molecular complexity index is 745. The van der Waals surface area contributed by atoms with Crippen molar-refractivity contribution in [3.05, 3.63) is 23.8 Å². The van der Waals surface area contributed by atoms with Gasteiger partial charge in [0, 0.05) is 19.2 Å². The lowest BCUT2D eigenvalue weighted by atomic mass is 10.1. The minimum Gasteiger partial charge on any atom is -0.481 e. The van der Waals surface area contributed by atoms with E-state index in [2.05, 4.69) is 15.6 Å². The number of nitrogens with zero attached hydrogens (tertiary/aromatic N) is 2. The van der Waals surface area contributed by atoms with E-state index in [1.807, 2.05) is 6.07 Å². The predicted molar refractivity (Wildman–Crippen MR) is 82.8 cm³/mol. The molecule has 2 aliphatic rings. The third-order valence-electron chi connectivity index (χ3n) is 3.71. The van der Waals surface area contributed by atoms with Crippen LogP contribution in [0.25, 0.3) is 0 Å². The second-order valence-corrected chi connectivity index (χ2v) is 5.42. The van der Waals surface area contributed by atoms with Gasteiger partial charge in [-0.25, -0.2) is 4.99 Å². The van der Waals surface area contributed by atoms with Gasteiger partial charge in [-0.3, -0.25) is 19.7 Å². The number of ether oxygens (including phenoxy) is 1. The maximum absolute atomic E-state index is 11.8. The molecule has 0 aliphatic carbocycles. The highest BCUT2D eigenvalue weighted by atomic mass is 16.5. The summed E-state index contributed by atoms with van der Waals surface area (Å²) in [5.74, 6) is -1.09. The number of carboxylic acids is 1. The molecule has 1 saturated heterocycles. The van der Waals surface area contributed by atoms with Crippen molar-refractivity contribution in [1.82, 2.24) is 15.5 Å². The second kappa shape index (κ2) is 6.19. The van der Waals surface area contributed by atoms with E-state index >= 15 is 0 Å². The SMILES string of the molecule is CNC(=O)C(CC(=O)O)Oc1cccc2c1N=C1NC(=O)CN1C2. The average Bonchev–Trinajstić information content (AvgIpc) is 2.90. The van der Waals surface area contributed by atoms with Crippen molar-refractivity contribution in [3.63, 3.8) is 0 Å². The zero-order valence-electron chi connectivity index (χ0n) is 12.9. The van der Waals surface area contributed by atoms with Gasteiger partial charge in [0.2, 0.25) is 11.9 Å². The molecule has 3 rings (SSSR count). The highest BCUT2D eigenvalue weighted by Gasteiger charge is 2.31. The van der Waals surface area contributed by atoms with Crippen LogP contribution in [-0.4, -0.2) is 53.4 Å². The molecule has 126 valence electrons. The molecule has 2 amide bonds. The number of fused-ring (bicyclic) bond motifs is 2. The van der Waals surface area contributed by atoms with Crippen LogP contribution < -0.4 is 15.4 Å². The summed E-state index contributed by atoms with van der Waals surface area (Å²) in [7, 11) is 1.41. The molecule has 24 heavy (non-hydrogen) atoms. The molecule has 0 aromatic heterocycles. The minimum atomic E-state index is -1.17. The fourth-order valence-electron chi connectivity index (χ4n) is 2.61. The number of likely N-dealkylation sites (N-methyl/N-ethyl adjacent to an activating group) is 1. The van der Waals surface area contributed by atoms with Crippen molar-refractivity contribution in [2.24, 2.45) is 4.99 Å². The Labute approximate surface area is 137 Å². The summed E-state index contributed by atoms with van der Waals surface area (Å²) in [6.45, 7) is 0.719. The molecule has 0 spiro atoms. The monoisotopic (exact) mass is 332 g/mol. The Morgan fingerprint density at radius 2 is 2.25 bits per heavy atom. The number of carbonyl (C=O) groups is 3. The fraction of sp³-hybridized carbons (Fsp3) is 0.333. The van der Waals surface area contributed by atoms with Crippen molar-refractivity contribution in [2.75, 3.05) is 13.6 Å². The lowest BCUT2D eigenvalue weighted by molar-refractivity contribution is -0.142.